The minimum absolute atomic E-state index is 0.0768. The van der Waals surface area contributed by atoms with Crippen LogP contribution in [0.3, 0.4) is 0 Å². The Morgan fingerprint density at radius 1 is 1.00 bits per heavy atom. The van der Waals surface area contributed by atoms with Crippen molar-refractivity contribution < 1.29 is 9.47 Å². The van der Waals surface area contributed by atoms with Crippen molar-refractivity contribution in [3.8, 4) is 0 Å². The van der Waals surface area contributed by atoms with Gasteiger partial charge in [-0.25, -0.2) is 0 Å². The summed E-state index contributed by atoms with van der Waals surface area (Å²) in [4.78, 5) is 0. The van der Waals surface area contributed by atoms with E-state index in [0.29, 0.717) is 12.0 Å². The summed E-state index contributed by atoms with van der Waals surface area (Å²) in [7, 11) is 3.54. The molecular formula is C29H47NO2. The summed E-state index contributed by atoms with van der Waals surface area (Å²) in [5, 5.41) is 4.14. The third-order valence-corrected chi connectivity index (χ3v) is 6.86. The van der Waals surface area contributed by atoms with Gasteiger partial charge in [-0.3, -0.25) is 0 Å². The van der Waals surface area contributed by atoms with Crippen LogP contribution in [-0.4, -0.2) is 26.4 Å². The maximum Gasteiger partial charge on any atom is 0.122 e. The lowest BCUT2D eigenvalue weighted by Crippen LogP contribution is -2.44. The monoisotopic (exact) mass is 441 g/mol. The molecule has 1 aromatic rings. The average molecular weight is 442 g/mol. The van der Waals surface area contributed by atoms with Crippen molar-refractivity contribution in [3.05, 3.63) is 59.4 Å². The van der Waals surface area contributed by atoms with Gasteiger partial charge in [-0.1, -0.05) is 96.7 Å². The summed E-state index contributed by atoms with van der Waals surface area (Å²) in [5.74, 6) is 1.55. The molecule has 4 unspecified atom stereocenters. The fourth-order valence-corrected chi connectivity index (χ4v) is 5.08. The molecule has 0 heterocycles. The van der Waals surface area contributed by atoms with Gasteiger partial charge in [0.05, 0.1) is 19.3 Å². The van der Waals surface area contributed by atoms with Crippen LogP contribution in [0.2, 0.25) is 0 Å². The Kier molecular flexibility index (Phi) is 11.0. The van der Waals surface area contributed by atoms with Crippen LogP contribution >= 0.6 is 0 Å². The molecule has 0 saturated heterocycles. The number of hydrogen-bond donors (Lipinski definition) is 1. The number of hydrogen-bond acceptors (Lipinski definition) is 3. The summed E-state index contributed by atoms with van der Waals surface area (Å²) < 4.78 is 11.5. The molecule has 0 fully saturated rings. The lowest BCUT2D eigenvalue weighted by Gasteiger charge is -2.41. The number of nitrogens with one attached hydrogen (secondary N) is 1. The highest BCUT2D eigenvalue weighted by atomic mass is 16.5. The van der Waals surface area contributed by atoms with Crippen LogP contribution in [0.4, 0.5) is 0 Å². The Bertz CT molecular complexity index is 716. The number of unbranched alkanes of at least 4 members (excludes halogenated alkanes) is 2. The quantitative estimate of drug-likeness (QED) is 0.320. The van der Waals surface area contributed by atoms with Gasteiger partial charge < -0.3 is 14.8 Å². The molecule has 0 aliphatic heterocycles. The first-order chi connectivity index (χ1) is 15.3. The highest BCUT2D eigenvalue weighted by Crippen LogP contribution is 2.38. The van der Waals surface area contributed by atoms with Crippen LogP contribution in [0, 0.1) is 11.3 Å². The van der Waals surface area contributed by atoms with E-state index in [0.717, 1.165) is 12.2 Å². The Hall–Kier alpha value is -1.58. The molecule has 3 heteroatoms. The van der Waals surface area contributed by atoms with E-state index in [1.54, 1.807) is 14.2 Å². The largest absolute Gasteiger partial charge is 0.497 e. The smallest absolute Gasteiger partial charge is 0.122 e. The second-order valence-corrected chi connectivity index (χ2v) is 10.3. The minimum atomic E-state index is 0.0768. The first kappa shape index (κ1) is 26.7. The van der Waals surface area contributed by atoms with Gasteiger partial charge in [-0.2, -0.15) is 0 Å². The predicted molar refractivity (Wildman–Crippen MR) is 137 cm³/mol. The number of rotatable bonds is 13. The molecule has 1 N–H and O–H groups in total. The molecule has 0 saturated carbocycles. The van der Waals surface area contributed by atoms with Crippen molar-refractivity contribution in [1.29, 1.82) is 0 Å². The molecule has 0 aromatic heterocycles. The van der Waals surface area contributed by atoms with Gasteiger partial charge in [0, 0.05) is 18.7 Å². The molecule has 0 bridgehead atoms. The standard InChI is InChI=1S/C29H47NO2/c1-8-10-12-18-25(29(3,4)5)26(15-9-2)30-28(22-16-13-11-14-17-22)24-20-19-23(31-6)21-27(24)32-7/h11,13-14,16-17,20-21,23,25-26,28,30H,8-10,12,15,18-19H2,1-7H3. The van der Waals surface area contributed by atoms with Crippen molar-refractivity contribution >= 4 is 0 Å². The van der Waals surface area contributed by atoms with Gasteiger partial charge in [0.2, 0.25) is 0 Å². The van der Waals surface area contributed by atoms with E-state index in [2.05, 4.69) is 82.4 Å². The molecule has 2 rings (SSSR count). The van der Waals surface area contributed by atoms with Crippen LogP contribution in [-0.2, 0) is 9.47 Å². The van der Waals surface area contributed by atoms with Gasteiger partial charge in [0.15, 0.2) is 0 Å². The van der Waals surface area contributed by atoms with E-state index in [9.17, 15) is 0 Å². The predicted octanol–water partition coefficient (Wildman–Crippen LogP) is 7.60. The molecule has 0 amide bonds. The van der Waals surface area contributed by atoms with Crippen molar-refractivity contribution in [2.45, 2.75) is 97.8 Å². The first-order valence-electron chi connectivity index (χ1n) is 12.7. The van der Waals surface area contributed by atoms with E-state index in [1.807, 2.05) is 0 Å². The zero-order valence-corrected chi connectivity index (χ0v) is 21.6. The molecule has 4 atom stereocenters. The van der Waals surface area contributed by atoms with Crippen LogP contribution in [0.1, 0.15) is 91.2 Å². The summed E-state index contributed by atoms with van der Waals surface area (Å²) in [6.45, 7) is 11.8. The van der Waals surface area contributed by atoms with E-state index >= 15 is 0 Å². The highest BCUT2D eigenvalue weighted by Gasteiger charge is 2.34. The van der Waals surface area contributed by atoms with Crippen molar-refractivity contribution in [2.24, 2.45) is 11.3 Å². The maximum atomic E-state index is 5.86. The number of ether oxygens (including phenoxy) is 2. The van der Waals surface area contributed by atoms with E-state index in [4.69, 9.17) is 9.47 Å². The van der Waals surface area contributed by atoms with E-state index in [1.165, 1.54) is 49.7 Å². The Balaban J connectivity index is 2.41. The molecule has 1 aromatic carbocycles. The summed E-state index contributed by atoms with van der Waals surface area (Å²) in [6, 6.07) is 11.4. The van der Waals surface area contributed by atoms with Gasteiger partial charge >= 0.3 is 0 Å². The maximum absolute atomic E-state index is 5.86. The molecule has 1 aliphatic carbocycles. The van der Waals surface area contributed by atoms with Gasteiger partial charge in [0.25, 0.3) is 0 Å². The second-order valence-electron chi connectivity index (χ2n) is 10.3. The fourth-order valence-electron chi connectivity index (χ4n) is 5.08. The minimum Gasteiger partial charge on any atom is -0.497 e. The van der Waals surface area contributed by atoms with E-state index in [-0.39, 0.29) is 17.6 Å². The lowest BCUT2D eigenvalue weighted by molar-refractivity contribution is 0.133. The average Bonchev–Trinajstić information content (AvgIpc) is 2.79. The first-order valence-corrected chi connectivity index (χ1v) is 12.7. The van der Waals surface area contributed by atoms with Gasteiger partial charge in [0.1, 0.15) is 5.76 Å². The van der Waals surface area contributed by atoms with Crippen molar-refractivity contribution in [1.82, 2.24) is 5.32 Å². The SMILES string of the molecule is CCCCCC(C(CCC)NC(C1=CCC(OC)C=C1OC)c1ccccc1)C(C)(C)C. The molecule has 180 valence electrons. The van der Waals surface area contributed by atoms with E-state index < -0.39 is 0 Å². The van der Waals surface area contributed by atoms with Crippen LogP contribution in [0.15, 0.2) is 53.8 Å². The molecular weight excluding hydrogens is 394 g/mol. The summed E-state index contributed by atoms with van der Waals surface area (Å²) in [5.41, 5.74) is 2.78. The Labute approximate surface area is 197 Å². The summed E-state index contributed by atoms with van der Waals surface area (Å²) in [6.07, 6.45) is 12.9. The van der Waals surface area contributed by atoms with Crippen molar-refractivity contribution in [3.63, 3.8) is 0 Å². The van der Waals surface area contributed by atoms with Gasteiger partial charge in [-0.05, 0) is 42.2 Å². The molecule has 32 heavy (non-hydrogen) atoms. The third kappa shape index (κ3) is 7.49. The Morgan fingerprint density at radius 3 is 2.28 bits per heavy atom. The molecule has 0 spiro atoms. The summed E-state index contributed by atoms with van der Waals surface area (Å²) >= 11 is 0. The fraction of sp³-hybridized carbons (Fsp3) is 0.655. The second kappa shape index (κ2) is 13.2. The highest BCUT2D eigenvalue weighted by molar-refractivity contribution is 5.40. The lowest BCUT2D eigenvalue weighted by atomic mass is 9.72. The third-order valence-electron chi connectivity index (χ3n) is 6.86. The molecule has 0 radical (unpaired) electrons. The normalized spacial score (nSPS) is 19.7. The van der Waals surface area contributed by atoms with Crippen LogP contribution in [0.5, 0.6) is 0 Å². The zero-order chi connectivity index (χ0) is 23.6. The van der Waals surface area contributed by atoms with Crippen LogP contribution in [0.25, 0.3) is 0 Å². The Morgan fingerprint density at radius 2 is 1.72 bits per heavy atom. The number of methoxy groups -OCH3 is 2. The molecule has 3 nitrogen and oxygen atoms in total. The topological polar surface area (TPSA) is 30.5 Å². The zero-order valence-electron chi connectivity index (χ0n) is 21.6. The number of benzene rings is 1. The van der Waals surface area contributed by atoms with Gasteiger partial charge in [-0.15, -0.1) is 0 Å². The molecule has 1 aliphatic rings. The van der Waals surface area contributed by atoms with Crippen molar-refractivity contribution in [2.75, 3.05) is 14.2 Å². The van der Waals surface area contributed by atoms with Crippen LogP contribution < -0.4 is 5.32 Å².